The molecule has 0 fully saturated rings. The van der Waals surface area contributed by atoms with E-state index in [-0.39, 0.29) is 0 Å². The number of hydrogen-bond donors (Lipinski definition) is 1. The molecule has 1 aromatic heterocycles. The summed E-state index contributed by atoms with van der Waals surface area (Å²) in [6.45, 7) is 11.6. The van der Waals surface area contributed by atoms with Crippen molar-refractivity contribution in [3.63, 3.8) is 0 Å². The van der Waals surface area contributed by atoms with E-state index in [2.05, 4.69) is 53.1 Å². The van der Waals surface area contributed by atoms with Gasteiger partial charge >= 0.3 is 0 Å². The zero-order valence-corrected chi connectivity index (χ0v) is 12.0. The molecule has 1 rings (SSSR count). The second-order valence-electron chi connectivity index (χ2n) is 4.90. The van der Waals surface area contributed by atoms with Gasteiger partial charge in [0.05, 0.1) is 6.20 Å². The molecular weight excluding hydrogens is 226 g/mol. The molecule has 0 saturated carbocycles. The highest BCUT2D eigenvalue weighted by atomic mass is 15.3. The first-order chi connectivity index (χ1) is 8.67. The van der Waals surface area contributed by atoms with Gasteiger partial charge in [0.2, 0.25) is 5.95 Å². The van der Waals surface area contributed by atoms with Gasteiger partial charge in [-0.3, -0.25) is 0 Å². The zero-order chi connectivity index (χ0) is 13.4. The Hall–Kier alpha value is -1.39. The first kappa shape index (κ1) is 14.7. The van der Waals surface area contributed by atoms with Crippen LogP contribution in [0.5, 0.6) is 0 Å². The summed E-state index contributed by atoms with van der Waals surface area (Å²) in [5.41, 5.74) is 0. The summed E-state index contributed by atoms with van der Waals surface area (Å²) in [7, 11) is 0. The Bertz CT molecular complexity index is 334. The SMILES string of the molecule is CCCN(CCC)c1cnnc(NCC(C)C)n1. The van der Waals surface area contributed by atoms with E-state index < -0.39 is 0 Å². The van der Waals surface area contributed by atoms with Crippen LogP contribution < -0.4 is 10.2 Å². The molecule has 1 aromatic rings. The van der Waals surface area contributed by atoms with E-state index >= 15 is 0 Å². The highest BCUT2D eigenvalue weighted by Crippen LogP contribution is 2.12. The van der Waals surface area contributed by atoms with Crippen molar-refractivity contribution in [1.29, 1.82) is 0 Å². The Labute approximate surface area is 110 Å². The predicted octanol–water partition coefficient (Wildman–Crippen LogP) is 2.57. The summed E-state index contributed by atoms with van der Waals surface area (Å²) < 4.78 is 0. The fraction of sp³-hybridized carbons (Fsp3) is 0.769. The van der Waals surface area contributed by atoms with Crippen LogP contribution in [0, 0.1) is 5.92 Å². The second-order valence-corrected chi connectivity index (χ2v) is 4.90. The van der Waals surface area contributed by atoms with Crippen LogP contribution in [0.15, 0.2) is 6.20 Å². The summed E-state index contributed by atoms with van der Waals surface area (Å²) in [5.74, 6) is 2.11. The maximum atomic E-state index is 4.52. The second kappa shape index (κ2) is 7.84. The lowest BCUT2D eigenvalue weighted by atomic mass is 10.2. The van der Waals surface area contributed by atoms with Gasteiger partial charge in [-0.05, 0) is 18.8 Å². The lowest BCUT2D eigenvalue weighted by molar-refractivity contribution is 0.680. The molecule has 0 aliphatic heterocycles. The van der Waals surface area contributed by atoms with Crippen molar-refractivity contribution in [3.8, 4) is 0 Å². The number of anilines is 2. The molecule has 0 aliphatic carbocycles. The summed E-state index contributed by atoms with van der Waals surface area (Å²) >= 11 is 0. The molecule has 0 radical (unpaired) electrons. The molecule has 0 unspecified atom stereocenters. The fourth-order valence-electron chi connectivity index (χ4n) is 1.70. The number of hydrogen-bond acceptors (Lipinski definition) is 5. The smallest absolute Gasteiger partial charge is 0.244 e. The summed E-state index contributed by atoms with van der Waals surface area (Å²) in [4.78, 5) is 6.78. The topological polar surface area (TPSA) is 53.9 Å². The molecule has 1 N–H and O–H groups in total. The first-order valence-corrected chi connectivity index (χ1v) is 6.85. The van der Waals surface area contributed by atoms with E-state index in [0.29, 0.717) is 11.9 Å². The molecule has 18 heavy (non-hydrogen) atoms. The van der Waals surface area contributed by atoms with Gasteiger partial charge in [-0.1, -0.05) is 27.7 Å². The third kappa shape index (κ3) is 4.85. The largest absolute Gasteiger partial charge is 0.355 e. The zero-order valence-electron chi connectivity index (χ0n) is 12.0. The Morgan fingerprint density at radius 2 is 1.89 bits per heavy atom. The van der Waals surface area contributed by atoms with E-state index in [1.54, 1.807) is 6.20 Å². The highest BCUT2D eigenvalue weighted by molar-refractivity contribution is 5.40. The number of nitrogens with zero attached hydrogens (tertiary/aromatic N) is 4. The minimum absolute atomic E-state index is 0.569. The third-order valence-electron chi connectivity index (χ3n) is 2.53. The molecule has 102 valence electrons. The van der Waals surface area contributed by atoms with Crippen LogP contribution in [0.25, 0.3) is 0 Å². The Kier molecular flexibility index (Phi) is 6.39. The number of rotatable bonds is 8. The quantitative estimate of drug-likeness (QED) is 0.769. The summed E-state index contributed by atoms with van der Waals surface area (Å²) in [6, 6.07) is 0. The van der Waals surface area contributed by atoms with Crippen LogP contribution in [0.1, 0.15) is 40.5 Å². The molecule has 0 bridgehead atoms. The molecule has 1 heterocycles. The average Bonchev–Trinajstić information content (AvgIpc) is 2.36. The fourth-order valence-corrected chi connectivity index (χ4v) is 1.70. The van der Waals surface area contributed by atoms with Crippen molar-refractivity contribution in [2.24, 2.45) is 5.92 Å². The molecule has 5 heteroatoms. The minimum Gasteiger partial charge on any atom is -0.355 e. The van der Waals surface area contributed by atoms with E-state index in [4.69, 9.17) is 0 Å². The van der Waals surface area contributed by atoms with E-state index in [1.807, 2.05) is 0 Å². The van der Waals surface area contributed by atoms with Crippen molar-refractivity contribution in [2.45, 2.75) is 40.5 Å². The monoisotopic (exact) mass is 251 g/mol. The van der Waals surface area contributed by atoms with Gasteiger partial charge in [0.15, 0.2) is 5.82 Å². The molecule has 5 nitrogen and oxygen atoms in total. The van der Waals surface area contributed by atoms with E-state index in [9.17, 15) is 0 Å². The summed E-state index contributed by atoms with van der Waals surface area (Å²) in [6.07, 6.45) is 3.96. The lowest BCUT2D eigenvalue weighted by Gasteiger charge is -2.22. The predicted molar refractivity (Wildman–Crippen MR) is 75.9 cm³/mol. The standard InChI is InChI=1S/C13H25N5/c1-5-7-18(8-6-2)12-10-15-17-13(16-12)14-9-11(3)4/h10-11H,5-9H2,1-4H3,(H,14,16,17). The van der Waals surface area contributed by atoms with Gasteiger partial charge in [0.25, 0.3) is 0 Å². The minimum atomic E-state index is 0.569. The maximum absolute atomic E-state index is 4.52. The van der Waals surface area contributed by atoms with Crippen LogP contribution in [0.3, 0.4) is 0 Å². The molecular formula is C13H25N5. The third-order valence-corrected chi connectivity index (χ3v) is 2.53. The van der Waals surface area contributed by atoms with Crippen LogP contribution in [-0.4, -0.2) is 34.8 Å². The lowest BCUT2D eigenvalue weighted by Crippen LogP contribution is -2.26. The van der Waals surface area contributed by atoms with Gasteiger partial charge in [-0.15, -0.1) is 5.10 Å². The van der Waals surface area contributed by atoms with Crippen molar-refractivity contribution in [3.05, 3.63) is 6.20 Å². The molecule has 0 aromatic carbocycles. The Morgan fingerprint density at radius 1 is 1.22 bits per heavy atom. The Morgan fingerprint density at radius 3 is 2.44 bits per heavy atom. The van der Waals surface area contributed by atoms with Crippen molar-refractivity contribution in [1.82, 2.24) is 15.2 Å². The number of nitrogens with one attached hydrogen (secondary N) is 1. The first-order valence-electron chi connectivity index (χ1n) is 6.85. The number of aromatic nitrogens is 3. The van der Waals surface area contributed by atoms with Crippen molar-refractivity contribution in [2.75, 3.05) is 29.9 Å². The maximum Gasteiger partial charge on any atom is 0.244 e. The van der Waals surface area contributed by atoms with Gasteiger partial charge in [-0.25, -0.2) is 0 Å². The van der Waals surface area contributed by atoms with E-state index in [1.165, 1.54) is 0 Å². The van der Waals surface area contributed by atoms with Crippen molar-refractivity contribution >= 4 is 11.8 Å². The highest BCUT2D eigenvalue weighted by Gasteiger charge is 2.08. The van der Waals surface area contributed by atoms with Crippen molar-refractivity contribution < 1.29 is 0 Å². The van der Waals surface area contributed by atoms with Crippen LogP contribution in [0.4, 0.5) is 11.8 Å². The average molecular weight is 251 g/mol. The normalized spacial score (nSPS) is 10.7. The Balaban J connectivity index is 2.71. The van der Waals surface area contributed by atoms with Gasteiger partial charge in [0.1, 0.15) is 0 Å². The molecule has 0 spiro atoms. The van der Waals surface area contributed by atoms with Gasteiger partial charge in [-0.2, -0.15) is 10.1 Å². The molecule has 0 saturated heterocycles. The van der Waals surface area contributed by atoms with E-state index in [0.717, 1.165) is 38.3 Å². The molecule has 0 aliphatic rings. The summed E-state index contributed by atoms with van der Waals surface area (Å²) in [5, 5.41) is 11.3. The van der Waals surface area contributed by atoms with Crippen LogP contribution >= 0.6 is 0 Å². The van der Waals surface area contributed by atoms with Gasteiger partial charge < -0.3 is 10.2 Å². The molecule has 0 atom stereocenters. The van der Waals surface area contributed by atoms with Crippen LogP contribution in [0.2, 0.25) is 0 Å². The van der Waals surface area contributed by atoms with Crippen LogP contribution in [-0.2, 0) is 0 Å². The molecule has 0 amide bonds. The van der Waals surface area contributed by atoms with Gasteiger partial charge in [0, 0.05) is 19.6 Å².